The van der Waals surface area contributed by atoms with Crippen molar-refractivity contribution >= 4 is 35.3 Å². The maximum absolute atomic E-state index is 13.2. The van der Waals surface area contributed by atoms with Crippen molar-refractivity contribution in [2.45, 2.75) is 59.0 Å². The number of ketones is 1. The molecule has 0 bridgehead atoms. The van der Waals surface area contributed by atoms with Crippen molar-refractivity contribution in [3.05, 3.63) is 69.7 Å². The van der Waals surface area contributed by atoms with Crippen LogP contribution in [0.5, 0.6) is 0 Å². The molecule has 1 aliphatic heterocycles. The zero-order valence-electron chi connectivity index (χ0n) is 20.8. The molecule has 0 unspecified atom stereocenters. The Bertz CT molecular complexity index is 1140. The fourth-order valence-corrected chi connectivity index (χ4v) is 4.38. The molecule has 3 rings (SSSR count). The summed E-state index contributed by atoms with van der Waals surface area (Å²) in [5, 5.41) is 0.241. The molecule has 1 heterocycles. The zero-order valence-corrected chi connectivity index (χ0v) is 21.5. The van der Waals surface area contributed by atoms with Crippen LogP contribution in [-0.4, -0.2) is 48.6 Å². The molecule has 0 aliphatic carbocycles. The van der Waals surface area contributed by atoms with Gasteiger partial charge in [0.25, 0.3) is 0 Å². The minimum absolute atomic E-state index is 0.0969. The van der Waals surface area contributed by atoms with Crippen LogP contribution in [0.25, 0.3) is 0 Å². The van der Waals surface area contributed by atoms with Crippen LogP contribution in [0.3, 0.4) is 0 Å². The van der Waals surface area contributed by atoms with Gasteiger partial charge in [0.15, 0.2) is 11.9 Å². The molecule has 0 saturated carbocycles. The number of halogens is 1. The van der Waals surface area contributed by atoms with Crippen LogP contribution in [-0.2, 0) is 33.3 Å². The molecule has 2 aromatic carbocycles. The van der Waals surface area contributed by atoms with Crippen LogP contribution >= 0.6 is 11.6 Å². The van der Waals surface area contributed by atoms with Gasteiger partial charge >= 0.3 is 17.9 Å². The van der Waals surface area contributed by atoms with E-state index < -0.39 is 48.2 Å². The van der Waals surface area contributed by atoms with Crippen molar-refractivity contribution in [2.75, 3.05) is 6.61 Å². The molecule has 9 heteroatoms. The SMILES string of the molecule is CC(=O)OC[C@H]1O[C@@H](c2ccc(Cl)c(C(=O)c3ccc(C)cc3)c2)[C@H](OC(C)=O)[C@@H](OC(C)=O)[C@@H]1C. The minimum atomic E-state index is -1.02. The van der Waals surface area contributed by atoms with Crippen LogP contribution in [0.2, 0.25) is 5.02 Å². The lowest BCUT2D eigenvalue weighted by Crippen LogP contribution is -2.54. The molecule has 1 aliphatic rings. The lowest BCUT2D eigenvalue weighted by Gasteiger charge is -2.44. The Kier molecular flexibility index (Phi) is 8.87. The van der Waals surface area contributed by atoms with E-state index in [-0.39, 0.29) is 23.0 Å². The molecular weight excluding hydrogens is 488 g/mol. The summed E-state index contributed by atoms with van der Waals surface area (Å²) in [5.41, 5.74) is 2.19. The average Bonchev–Trinajstić information content (AvgIpc) is 2.81. The molecule has 192 valence electrons. The van der Waals surface area contributed by atoms with E-state index in [0.29, 0.717) is 11.1 Å². The Morgan fingerprint density at radius 1 is 0.889 bits per heavy atom. The summed E-state index contributed by atoms with van der Waals surface area (Å²) >= 11 is 6.39. The van der Waals surface area contributed by atoms with E-state index in [4.69, 9.17) is 30.5 Å². The van der Waals surface area contributed by atoms with E-state index in [1.54, 1.807) is 37.3 Å². The summed E-state index contributed by atoms with van der Waals surface area (Å²) < 4.78 is 22.6. The number of benzene rings is 2. The molecule has 36 heavy (non-hydrogen) atoms. The number of hydrogen-bond acceptors (Lipinski definition) is 8. The lowest BCUT2D eigenvalue weighted by molar-refractivity contribution is -0.232. The van der Waals surface area contributed by atoms with Gasteiger partial charge in [0.05, 0.1) is 11.1 Å². The second kappa shape index (κ2) is 11.7. The monoisotopic (exact) mass is 516 g/mol. The van der Waals surface area contributed by atoms with Gasteiger partial charge in [-0.3, -0.25) is 19.2 Å². The number of aryl methyl sites for hydroxylation is 1. The van der Waals surface area contributed by atoms with Crippen molar-refractivity contribution in [3.63, 3.8) is 0 Å². The standard InChI is InChI=1S/C27H29ClO8/c1-14-6-8-19(9-7-14)24(32)21-12-20(10-11-22(21)28)26-27(35-18(5)31)25(34-17(4)30)15(2)23(36-26)13-33-16(3)29/h6-12,15,23,25-27H,13H2,1-5H3/t15-,23-,25+,26+,27-/m1/s1. The second-order valence-electron chi connectivity index (χ2n) is 8.84. The van der Waals surface area contributed by atoms with Gasteiger partial charge in [-0.15, -0.1) is 0 Å². The molecule has 0 spiro atoms. The van der Waals surface area contributed by atoms with Crippen LogP contribution < -0.4 is 0 Å². The van der Waals surface area contributed by atoms with E-state index in [1.165, 1.54) is 20.8 Å². The second-order valence-corrected chi connectivity index (χ2v) is 9.25. The molecule has 2 aromatic rings. The van der Waals surface area contributed by atoms with E-state index in [0.717, 1.165) is 5.56 Å². The fraction of sp³-hybridized carbons (Fsp3) is 0.407. The topological polar surface area (TPSA) is 105 Å². The molecule has 1 fully saturated rings. The highest BCUT2D eigenvalue weighted by Gasteiger charge is 2.48. The van der Waals surface area contributed by atoms with Gasteiger partial charge in [0, 0.05) is 37.8 Å². The summed E-state index contributed by atoms with van der Waals surface area (Å²) in [5.74, 6) is -2.42. The van der Waals surface area contributed by atoms with E-state index in [1.807, 2.05) is 19.1 Å². The number of ether oxygens (including phenoxy) is 4. The average molecular weight is 517 g/mol. The third-order valence-electron chi connectivity index (χ3n) is 5.98. The number of carbonyl (C=O) groups is 4. The number of rotatable bonds is 7. The van der Waals surface area contributed by atoms with Gasteiger partial charge in [0.2, 0.25) is 0 Å². The highest BCUT2D eigenvalue weighted by molar-refractivity contribution is 6.35. The Morgan fingerprint density at radius 2 is 1.50 bits per heavy atom. The third-order valence-corrected chi connectivity index (χ3v) is 6.31. The first-order chi connectivity index (χ1) is 17.0. The molecule has 1 saturated heterocycles. The Morgan fingerprint density at radius 3 is 2.08 bits per heavy atom. The van der Waals surface area contributed by atoms with E-state index >= 15 is 0 Å². The molecular formula is C27H29ClO8. The van der Waals surface area contributed by atoms with Gasteiger partial charge in [-0.05, 0) is 24.6 Å². The van der Waals surface area contributed by atoms with Crippen molar-refractivity contribution in [3.8, 4) is 0 Å². The molecule has 8 nitrogen and oxygen atoms in total. The van der Waals surface area contributed by atoms with E-state index in [2.05, 4.69) is 0 Å². The summed E-state index contributed by atoms with van der Waals surface area (Å²) in [4.78, 5) is 48.6. The van der Waals surface area contributed by atoms with Crippen LogP contribution in [0, 0.1) is 12.8 Å². The summed E-state index contributed by atoms with van der Waals surface area (Å²) in [6, 6.07) is 11.9. The van der Waals surface area contributed by atoms with Crippen molar-refractivity contribution < 1.29 is 38.1 Å². The maximum atomic E-state index is 13.2. The van der Waals surface area contributed by atoms with Crippen LogP contribution in [0.4, 0.5) is 0 Å². The highest BCUT2D eigenvalue weighted by Crippen LogP contribution is 2.40. The first kappa shape index (κ1) is 27.4. The predicted molar refractivity (Wildman–Crippen MR) is 131 cm³/mol. The molecule has 0 radical (unpaired) electrons. The first-order valence-electron chi connectivity index (χ1n) is 11.5. The van der Waals surface area contributed by atoms with Gasteiger partial charge in [-0.1, -0.05) is 54.4 Å². The molecule has 0 N–H and O–H groups in total. The highest BCUT2D eigenvalue weighted by atomic mass is 35.5. The normalized spacial score (nSPS) is 23.4. The largest absolute Gasteiger partial charge is 0.463 e. The number of carbonyl (C=O) groups excluding carboxylic acids is 4. The van der Waals surface area contributed by atoms with Crippen molar-refractivity contribution in [1.29, 1.82) is 0 Å². The van der Waals surface area contributed by atoms with Gasteiger partial charge in [-0.25, -0.2) is 0 Å². The first-order valence-corrected chi connectivity index (χ1v) is 11.9. The molecule has 0 aromatic heterocycles. The summed E-state index contributed by atoms with van der Waals surface area (Å²) in [7, 11) is 0. The quantitative estimate of drug-likeness (QED) is 0.303. The Hall–Kier alpha value is -3.23. The van der Waals surface area contributed by atoms with E-state index in [9.17, 15) is 19.2 Å². The Labute approximate surface area is 214 Å². The van der Waals surface area contributed by atoms with Gasteiger partial charge < -0.3 is 18.9 Å². The number of hydrogen-bond donors (Lipinski definition) is 0. The van der Waals surface area contributed by atoms with Gasteiger partial charge in [0.1, 0.15) is 18.8 Å². The third kappa shape index (κ3) is 6.50. The Balaban J connectivity index is 2.05. The predicted octanol–water partition coefficient (Wildman–Crippen LogP) is 4.38. The van der Waals surface area contributed by atoms with Crippen molar-refractivity contribution in [1.82, 2.24) is 0 Å². The van der Waals surface area contributed by atoms with Crippen LogP contribution in [0.1, 0.15) is 60.8 Å². The summed E-state index contributed by atoms with van der Waals surface area (Å²) in [6.07, 6.45) is -3.52. The van der Waals surface area contributed by atoms with Crippen LogP contribution in [0.15, 0.2) is 42.5 Å². The minimum Gasteiger partial charge on any atom is -0.463 e. The smallest absolute Gasteiger partial charge is 0.303 e. The molecule has 5 atom stereocenters. The number of esters is 3. The van der Waals surface area contributed by atoms with Gasteiger partial charge in [-0.2, -0.15) is 0 Å². The molecule has 0 amide bonds. The summed E-state index contributed by atoms with van der Waals surface area (Å²) in [6.45, 7) is 7.35. The zero-order chi connectivity index (χ0) is 26.6. The fourth-order valence-electron chi connectivity index (χ4n) is 4.17. The lowest BCUT2D eigenvalue weighted by atomic mass is 9.85. The maximum Gasteiger partial charge on any atom is 0.303 e. The van der Waals surface area contributed by atoms with Crippen molar-refractivity contribution in [2.24, 2.45) is 5.92 Å².